The predicted octanol–water partition coefficient (Wildman–Crippen LogP) is 5.29. The Labute approximate surface area is 198 Å². The van der Waals surface area contributed by atoms with Crippen LogP contribution in [0.15, 0.2) is 67.0 Å². The number of pyridine rings is 1. The number of aryl methyl sites for hydroxylation is 2. The Balaban J connectivity index is 1.48. The summed E-state index contributed by atoms with van der Waals surface area (Å²) in [6.07, 6.45) is 4.44. The van der Waals surface area contributed by atoms with Gasteiger partial charge in [0, 0.05) is 36.9 Å². The number of benzene rings is 2. The summed E-state index contributed by atoms with van der Waals surface area (Å²) in [5.74, 6) is -0.0340. The average molecular weight is 460 g/mol. The van der Waals surface area contributed by atoms with Crippen LogP contribution in [0, 0.1) is 6.92 Å². The zero-order valence-electron chi connectivity index (χ0n) is 18.8. The third-order valence-electron chi connectivity index (χ3n) is 6.45. The van der Waals surface area contributed by atoms with Gasteiger partial charge in [0.1, 0.15) is 5.15 Å². The van der Waals surface area contributed by atoms with Crippen molar-refractivity contribution < 1.29 is 9.53 Å². The Morgan fingerprint density at radius 1 is 1.18 bits per heavy atom. The summed E-state index contributed by atoms with van der Waals surface area (Å²) in [5.41, 5.74) is 6.63. The van der Waals surface area contributed by atoms with Crippen LogP contribution in [-0.4, -0.2) is 46.2 Å². The second-order valence-electron chi connectivity index (χ2n) is 8.61. The number of carbonyl (C=O) groups is 1. The van der Waals surface area contributed by atoms with Crippen molar-refractivity contribution in [2.45, 2.75) is 19.4 Å². The number of aromatic nitrogens is 2. The van der Waals surface area contributed by atoms with Crippen LogP contribution >= 0.6 is 11.6 Å². The van der Waals surface area contributed by atoms with Gasteiger partial charge in [0.05, 0.1) is 24.8 Å². The molecule has 1 fully saturated rings. The molecule has 5 nitrogen and oxygen atoms in total. The fourth-order valence-corrected chi connectivity index (χ4v) is 4.83. The van der Waals surface area contributed by atoms with Gasteiger partial charge in [0.2, 0.25) is 0 Å². The summed E-state index contributed by atoms with van der Waals surface area (Å²) in [6.45, 7) is 3.75. The first-order valence-corrected chi connectivity index (χ1v) is 11.5. The van der Waals surface area contributed by atoms with Crippen LogP contribution in [-0.2, 0) is 18.2 Å². The second-order valence-corrected chi connectivity index (χ2v) is 9.00. The van der Waals surface area contributed by atoms with Crippen LogP contribution in [0.2, 0.25) is 5.15 Å². The highest BCUT2D eigenvalue weighted by Crippen LogP contribution is 2.31. The molecule has 2 aromatic carbocycles. The standard InChI is InChI=1S/C27H26ClN3O2/c1-18-5-3-4-6-23(18)19-7-9-25-24(14-19)21(16-30(25)2)13-22-17-33-12-11-31(22)27(32)20-8-10-26(28)29-15-20/h3-10,14-16,22H,11-13,17H2,1-2H3/t22-/m0/s1. The topological polar surface area (TPSA) is 47.4 Å². The summed E-state index contributed by atoms with van der Waals surface area (Å²) >= 11 is 5.90. The molecule has 5 rings (SSSR count). The molecule has 1 saturated heterocycles. The molecule has 6 heteroatoms. The minimum Gasteiger partial charge on any atom is -0.377 e. The molecule has 0 saturated carbocycles. The smallest absolute Gasteiger partial charge is 0.255 e. The fraction of sp³-hybridized carbons (Fsp3) is 0.259. The van der Waals surface area contributed by atoms with Gasteiger partial charge < -0.3 is 14.2 Å². The van der Waals surface area contributed by atoms with Gasteiger partial charge in [-0.25, -0.2) is 4.98 Å². The molecule has 1 aliphatic heterocycles. The quantitative estimate of drug-likeness (QED) is 0.390. The van der Waals surface area contributed by atoms with E-state index in [0.717, 1.165) is 6.42 Å². The lowest BCUT2D eigenvalue weighted by molar-refractivity contribution is -0.00158. The SMILES string of the molecule is Cc1ccccc1-c1ccc2c(c1)c(C[C@H]1COCCN1C(=O)c1ccc(Cl)nc1)cn2C. The molecule has 0 radical (unpaired) electrons. The molecule has 2 aromatic heterocycles. The van der Waals surface area contributed by atoms with Crippen molar-refractivity contribution in [1.82, 2.24) is 14.5 Å². The molecule has 33 heavy (non-hydrogen) atoms. The predicted molar refractivity (Wildman–Crippen MR) is 132 cm³/mol. The van der Waals surface area contributed by atoms with Gasteiger partial charge >= 0.3 is 0 Å². The van der Waals surface area contributed by atoms with E-state index in [4.69, 9.17) is 16.3 Å². The number of rotatable bonds is 4. The molecule has 4 aromatic rings. The van der Waals surface area contributed by atoms with Crippen molar-refractivity contribution in [2.24, 2.45) is 7.05 Å². The lowest BCUT2D eigenvalue weighted by Gasteiger charge is -2.35. The Morgan fingerprint density at radius 2 is 2.03 bits per heavy atom. The number of amides is 1. The number of fused-ring (bicyclic) bond motifs is 1. The van der Waals surface area contributed by atoms with E-state index in [1.807, 2.05) is 4.90 Å². The number of morpholine rings is 1. The van der Waals surface area contributed by atoms with Crippen molar-refractivity contribution in [3.05, 3.63) is 88.8 Å². The van der Waals surface area contributed by atoms with Crippen LogP contribution in [0.4, 0.5) is 0 Å². The van der Waals surface area contributed by atoms with E-state index in [2.05, 4.69) is 72.2 Å². The summed E-state index contributed by atoms with van der Waals surface area (Å²) in [6, 6.07) is 18.4. The molecular formula is C27H26ClN3O2. The van der Waals surface area contributed by atoms with Crippen molar-refractivity contribution in [1.29, 1.82) is 0 Å². The van der Waals surface area contributed by atoms with Crippen LogP contribution < -0.4 is 0 Å². The molecule has 1 atom stereocenters. The van der Waals surface area contributed by atoms with Crippen LogP contribution in [0.3, 0.4) is 0 Å². The molecule has 0 spiro atoms. The van der Waals surface area contributed by atoms with Gasteiger partial charge in [-0.1, -0.05) is 41.9 Å². The number of hydrogen-bond donors (Lipinski definition) is 0. The Bertz CT molecular complexity index is 1310. The Morgan fingerprint density at radius 3 is 2.82 bits per heavy atom. The minimum absolute atomic E-state index is 0.0340. The van der Waals surface area contributed by atoms with E-state index < -0.39 is 0 Å². The lowest BCUT2D eigenvalue weighted by atomic mass is 9.97. The average Bonchev–Trinajstić information content (AvgIpc) is 3.14. The van der Waals surface area contributed by atoms with E-state index in [-0.39, 0.29) is 11.9 Å². The van der Waals surface area contributed by atoms with Crippen molar-refractivity contribution in [3.8, 4) is 11.1 Å². The Hall–Kier alpha value is -3.15. The molecule has 168 valence electrons. The number of nitrogens with zero attached hydrogens (tertiary/aromatic N) is 3. The highest BCUT2D eigenvalue weighted by molar-refractivity contribution is 6.29. The first-order chi connectivity index (χ1) is 16.0. The van der Waals surface area contributed by atoms with E-state index >= 15 is 0 Å². The fourth-order valence-electron chi connectivity index (χ4n) is 4.71. The maximum absolute atomic E-state index is 13.2. The molecule has 1 amide bonds. The summed E-state index contributed by atoms with van der Waals surface area (Å²) in [5, 5.41) is 1.59. The number of hydrogen-bond acceptors (Lipinski definition) is 3. The zero-order valence-corrected chi connectivity index (χ0v) is 19.5. The van der Waals surface area contributed by atoms with E-state index in [9.17, 15) is 4.79 Å². The van der Waals surface area contributed by atoms with Crippen LogP contribution in [0.1, 0.15) is 21.5 Å². The van der Waals surface area contributed by atoms with Crippen LogP contribution in [0.5, 0.6) is 0 Å². The van der Waals surface area contributed by atoms with Gasteiger partial charge in [-0.15, -0.1) is 0 Å². The van der Waals surface area contributed by atoms with Crippen molar-refractivity contribution in [2.75, 3.05) is 19.8 Å². The largest absolute Gasteiger partial charge is 0.377 e. The number of carbonyl (C=O) groups excluding carboxylic acids is 1. The monoisotopic (exact) mass is 459 g/mol. The highest BCUT2D eigenvalue weighted by atomic mass is 35.5. The molecule has 0 aliphatic carbocycles. The summed E-state index contributed by atoms with van der Waals surface area (Å²) in [7, 11) is 2.07. The van der Waals surface area contributed by atoms with E-state index in [1.165, 1.54) is 33.2 Å². The maximum Gasteiger partial charge on any atom is 0.255 e. The molecular weight excluding hydrogens is 434 g/mol. The molecule has 0 N–H and O–H groups in total. The van der Waals surface area contributed by atoms with Gasteiger partial charge in [-0.3, -0.25) is 4.79 Å². The number of ether oxygens (including phenoxy) is 1. The van der Waals surface area contributed by atoms with Crippen LogP contribution in [0.25, 0.3) is 22.0 Å². The molecule has 1 aliphatic rings. The first kappa shape index (κ1) is 21.7. The van der Waals surface area contributed by atoms with E-state index in [0.29, 0.717) is 30.5 Å². The van der Waals surface area contributed by atoms with Crippen molar-refractivity contribution >= 4 is 28.4 Å². The van der Waals surface area contributed by atoms with Crippen molar-refractivity contribution in [3.63, 3.8) is 0 Å². The highest BCUT2D eigenvalue weighted by Gasteiger charge is 2.29. The Kier molecular flexibility index (Phi) is 5.92. The van der Waals surface area contributed by atoms with E-state index in [1.54, 1.807) is 18.3 Å². The lowest BCUT2D eigenvalue weighted by Crippen LogP contribution is -2.49. The third-order valence-corrected chi connectivity index (χ3v) is 6.67. The summed E-state index contributed by atoms with van der Waals surface area (Å²) < 4.78 is 7.94. The minimum atomic E-state index is -0.0466. The molecule has 3 heterocycles. The normalized spacial score (nSPS) is 16.3. The molecule has 0 unspecified atom stereocenters. The maximum atomic E-state index is 13.2. The third kappa shape index (κ3) is 4.26. The first-order valence-electron chi connectivity index (χ1n) is 11.2. The van der Waals surface area contributed by atoms with Gasteiger partial charge in [0.25, 0.3) is 5.91 Å². The zero-order chi connectivity index (χ0) is 22.9. The molecule has 0 bridgehead atoms. The van der Waals surface area contributed by atoms with Gasteiger partial charge in [-0.05, 0) is 59.9 Å². The van der Waals surface area contributed by atoms with Gasteiger partial charge in [-0.2, -0.15) is 0 Å². The summed E-state index contributed by atoms with van der Waals surface area (Å²) in [4.78, 5) is 19.2. The number of halogens is 1. The van der Waals surface area contributed by atoms with Gasteiger partial charge in [0.15, 0.2) is 0 Å². The second kappa shape index (κ2) is 9.00.